The van der Waals surface area contributed by atoms with E-state index in [0.717, 1.165) is 4.47 Å². The van der Waals surface area contributed by atoms with E-state index in [0.29, 0.717) is 30.3 Å². The maximum Gasteiger partial charge on any atom is 0.257 e. The summed E-state index contributed by atoms with van der Waals surface area (Å²) >= 11 is 9.13. The van der Waals surface area contributed by atoms with Crippen molar-refractivity contribution in [1.29, 1.82) is 0 Å². The topological polar surface area (TPSA) is 49.8 Å². The van der Waals surface area contributed by atoms with Crippen LogP contribution in [0.2, 0.25) is 5.02 Å². The minimum atomic E-state index is -0.224. The number of carbonyl (C=O) groups is 1. The molecule has 0 bridgehead atoms. The van der Waals surface area contributed by atoms with Gasteiger partial charge in [-0.15, -0.1) is 0 Å². The molecule has 0 fully saturated rings. The number of phenols is 1. The van der Waals surface area contributed by atoms with Crippen LogP contribution in [0.4, 0.5) is 0 Å². The Bertz CT molecular complexity index is 693. The van der Waals surface area contributed by atoms with Crippen molar-refractivity contribution in [3.63, 3.8) is 0 Å². The minimum absolute atomic E-state index is 0.0357. The lowest BCUT2D eigenvalue weighted by molar-refractivity contribution is 0.0785. The summed E-state index contributed by atoms with van der Waals surface area (Å²) in [5.41, 5.74) is 0.284. The predicted octanol–water partition coefficient (Wildman–Crippen LogP) is 4.35. The maximum absolute atomic E-state index is 12.3. The Morgan fingerprint density at radius 2 is 2.09 bits per heavy atom. The molecule has 0 aliphatic heterocycles. The average Bonchev–Trinajstić information content (AvgIpc) is 2.51. The molecule has 0 aromatic heterocycles. The Balaban J connectivity index is 1.82. The minimum Gasteiger partial charge on any atom is -0.507 e. The van der Waals surface area contributed by atoms with Gasteiger partial charge in [0.25, 0.3) is 5.91 Å². The highest BCUT2D eigenvalue weighted by molar-refractivity contribution is 9.10. The van der Waals surface area contributed by atoms with Gasteiger partial charge >= 0.3 is 0 Å². The lowest BCUT2D eigenvalue weighted by Gasteiger charge is -2.18. The molecule has 0 unspecified atom stereocenters. The summed E-state index contributed by atoms with van der Waals surface area (Å²) in [6.07, 6.45) is 0.673. The van der Waals surface area contributed by atoms with Crippen LogP contribution in [0, 0.1) is 0 Å². The summed E-state index contributed by atoms with van der Waals surface area (Å²) < 4.78 is 6.31. The Labute approximate surface area is 148 Å². The van der Waals surface area contributed by atoms with E-state index in [-0.39, 0.29) is 17.2 Å². The van der Waals surface area contributed by atoms with Crippen LogP contribution in [0.15, 0.2) is 46.9 Å². The van der Waals surface area contributed by atoms with Gasteiger partial charge < -0.3 is 14.7 Å². The van der Waals surface area contributed by atoms with Gasteiger partial charge in [-0.2, -0.15) is 0 Å². The number of benzene rings is 2. The van der Waals surface area contributed by atoms with Crippen LogP contribution >= 0.6 is 27.5 Å². The summed E-state index contributed by atoms with van der Waals surface area (Å²) in [6, 6.07) is 12.0. The second-order valence-corrected chi connectivity index (χ2v) is 6.40. The number of aromatic hydroxyl groups is 1. The SMILES string of the molecule is CN(CCCOc1cccc(Cl)c1)C(=O)c1ccc(Br)cc1O. The quantitative estimate of drug-likeness (QED) is 0.736. The molecule has 0 aliphatic carbocycles. The Morgan fingerprint density at radius 1 is 1.30 bits per heavy atom. The third-order valence-corrected chi connectivity index (χ3v) is 3.97. The van der Waals surface area contributed by atoms with Crippen LogP contribution in [0.1, 0.15) is 16.8 Å². The van der Waals surface area contributed by atoms with Crippen LogP contribution < -0.4 is 4.74 Å². The Morgan fingerprint density at radius 3 is 2.78 bits per heavy atom. The van der Waals surface area contributed by atoms with Gasteiger partial charge in [0.05, 0.1) is 12.2 Å². The Kier molecular flexibility index (Phi) is 6.30. The van der Waals surface area contributed by atoms with Crippen LogP contribution in [0.25, 0.3) is 0 Å². The van der Waals surface area contributed by atoms with Gasteiger partial charge in [0, 0.05) is 23.1 Å². The molecule has 0 spiro atoms. The van der Waals surface area contributed by atoms with Crippen molar-refractivity contribution in [2.24, 2.45) is 0 Å². The van der Waals surface area contributed by atoms with Gasteiger partial charge in [-0.1, -0.05) is 33.6 Å². The normalized spacial score (nSPS) is 10.4. The largest absolute Gasteiger partial charge is 0.507 e. The summed E-state index contributed by atoms with van der Waals surface area (Å²) in [6.45, 7) is 0.999. The fourth-order valence-electron chi connectivity index (χ4n) is 2.04. The van der Waals surface area contributed by atoms with Gasteiger partial charge in [0.2, 0.25) is 0 Å². The number of hydrogen-bond donors (Lipinski definition) is 1. The molecule has 122 valence electrons. The number of phenolic OH excluding ortho intramolecular Hbond substituents is 1. The first-order chi connectivity index (χ1) is 11.0. The molecule has 23 heavy (non-hydrogen) atoms. The third kappa shape index (κ3) is 5.15. The van der Waals surface area contributed by atoms with E-state index >= 15 is 0 Å². The van der Waals surface area contributed by atoms with Crippen LogP contribution in [0.5, 0.6) is 11.5 Å². The molecule has 6 heteroatoms. The van der Waals surface area contributed by atoms with Crippen LogP contribution in [-0.2, 0) is 0 Å². The van der Waals surface area contributed by atoms with Gasteiger partial charge in [-0.25, -0.2) is 0 Å². The number of amides is 1. The zero-order valence-corrected chi connectivity index (χ0v) is 15.0. The van der Waals surface area contributed by atoms with Crippen molar-refractivity contribution < 1.29 is 14.6 Å². The smallest absolute Gasteiger partial charge is 0.257 e. The van der Waals surface area contributed by atoms with Gasteiger partial charge in [-0.05, 0) is 42.8 Å². The van der Waals surface area contributed by atoms with E-state index in [1.807, 2.05) is 12.1 Å². The molecule has 0 saturated heterocycles. The van der Waals surface area contributed by atoms with E-state index in [1.165, 1.54) is 6.07 Å². The molecular weight excluding hydrogens is 382 g/mol. The summed E-state index contributed by atoms with van der Waals surface area (Å²) in [7, 11) is 1.70. The van der Waals surface area contributed by atoms with Gasteiger partial charge in [0.15, 0.2) is 0 Å². The van der Waals surface area contributed by atoms with Crippen LogP contribution in [0.3, 0.4) is 0 Å². The maximum atomic E-state index is 12.3. The van der Waals surface area contributed by atoms with E-state index < -0.39 is 0 Å². The number of ether oxygens (including phenoxy) is 1. The highest BCUT2D eigenvalue weighted by Gasteiger charge is 2.15. The summed E-state index contributed by atoms with van der Waals surface area (Å²) in [5, 5.41) is 10.5. The monoisotopic (exact) mass is 397 g/mol. The molecule has 1 N–H and O–H groups in total. The average molecular weight is 399 g/mol. The van der Waals surface area contributed by atoms with Crippen molar-refractivity contribution in [3.8, 4) is 11.5 Å². The molecule has 0 saturated carbocycles. The zero-order chi connectivity index (χ0) is 16.8. The van der Waals surface area contributed by atoms with E-state index in [4.69, 9.17) is 16.3 Å². The second kappa shape index (κ2) is 8.22. The molecule has 0 radical (unpaired) electrons. The van der Waals surface area contributed by atoms with Crippen molar-refractivity contribution in [3.05, 3.63) is 57.5 Å². The first-order valence-electron chi connectivity index (χ1n) is 7.09. The van der Waals surface area contributed by atoms with Crippen molar-refractivity contribution in [1.82, 2.24) is 4.90 Å². The van der Waals surface area contributed by atoms with Gasteiger partial charge in [-0.3, -0.25) is 4.79 Å². The van der Waals surface area contributed by atoms with Crippen molar-refractivity contribution >= 4 is 33.4 Å². The number of carbonyl (C=O) groups excluding carboxylic acids is 1. The molecule has 4 nitrogen and oxygen atoms in total. The molecule has 0 atom stereocenters. The van der Waals surface area contributed by atoms with Gasteiger partial charge in [0.1, 0.15) is 11.5 Å². The number of hydrogen-bond acceptors (Lipinski definition) is 3. The fraction of sp³-hybridized carbons (Fsp3) is 0.235. The second-order valence-electron chi connectivity index (χ2n) is 5.05. The van der Waals surface area contributed by atoms with Crippen molar-refractivity contribution in [2.75, 3.05) is 20.2 Å². The zero-order valence-electron chi connectivity index (χ0n) is 12.6. The molecule has 0 aliphatic rings. The fourth-order valence-corrected chi connectivity index (χ4v) is 2.57. The first-order valence-corrected chi connectivity index (χ1v) is 8.27. The molecule has 2 aromatic carbocycles. The number of rotatable bonds is 6. The first kappa shape index (κ1) is 17.6. The lowest BCUT2D eigenvalue weighted by atomic mass is 10.2. The third-order valence-electron chi connectivity index (χ3n) is 3.24. The molecule has 2 rings (SSSR count). The molecule has 0 heterocycles. The highest BCUT2D eigenvalue weighted by Crippen LogP contribution is 2.23. The standard InChI is InChI=1S/C17H17BrClNO3/c1-20(17(22)15-7-6-12(18)10-16(15)21)8-3-9-23-14-5-2-4-13(19)11-14/h2,4-7,10-11,21H,3,8-9H2,1H3. The molecule has 2 aromatic rings. The molecular formula is C17H17BrClNO3. The number of nitrogens with zero attached hydrogens (tertiary/aromatic N) is 1. The summed E-state index contributed by atoms with van der Waals surface area (Å²) in [4.78, 5) is 13.8. The van der Waals surface area contributed by atoms with Crippen LogP contribution in [-0.4, -0.2) is 36.1 Å². The van der Waals surface area contributed by atoms with E-state index in [2.05, 4.69) is 15.9 Å². The van der Waals surface area contributed by atoms with Crippen molar-refractivity contribution in [2.45, 2.75) is 6.42 Å². The highest BCUT2D eigenvalue weighted by atomic mass is 79.9. The summed E-state index contributed by atoms with van der Waals surface area (Å²) in [5.74, 6) is 0.446. The lowest BCUT2D eigenvalue weighted by Crippen LogP contribution is -2.28. The Hall–Kier alpha value is -1.72. The van der Waals surface area contributed by atoms with E-state index in [1.54, 1.807) is 36.2 Å². The van der Waals surface area contributed by atoms with E-state index in [9.17, 15) is 9.90 Å². The number of halogens is 2. The predicted molar refractivity (Wildman–Crippen MR) is 94.3 cm³/mol. The molecule has 1 amide bonds.